The Balaban J connectivity index is 1.85. The van der Waals surface area contributed by atoms with Crippen molar-refractivity contribution in [3.8, 4) is 0 Å². The number of amides is 2. The normalized spacial score (nSPS) is 18.3. The first kappa shape index (κ1) is 21.1. The fourth-order valence-electron chi connectivity index (χ4n) is 2.99. The van der Waals surface area contributed by atoms with E-state index in [4.69, 9.17) is 9.79 Å². The van der Waals surface area contributed by atoms with Gasteiger partial charge in [0.25, 0.3) is 5.91 Å². The van der Waals surface area contributed by atoms with E-state index < -0.39 is 25.8 Å². The first-order valence-electron chi connectivity index (χ1n) is 8.91. The van der Waals surface area contributed by atoms with Crippen molar-refractivity contribution in [2.45, 2.75) is 26.6 Å². The molecule has 0 saturated heterocycles. The fourth-order valence-corrected chi connectivity index (χ4v) is 3.56. The molecule has 156 valence electrons. The van der Waals surface area contributed by atoms with Gasteiger partial charge in [0.15, 0.2) is 11.5 Å². The number of hydrogen-bond acceptors (Lipinski definition) is 7. The molecule has 0 aliphatic carbocycles. The van der Waals surface area contributed by atoms with Crippen LogP contribution in [0, 0.1) is 13.8 Å². The predicted molar refractivity (Wildman–Crippen MR) is 106 cm³/mol. The number of rotatable bonds is 6. The van der Waals surface area contributed by atoms with Gasteiger partial charge in [0.1, 0.15) is 6.54 Å². The van der Waals surface area contributed by atoms with E-state index in [-0.39, 0.29) is 37.2 Å². The van der Waals surface area contributed by atoms with Crippen LogP contribution < -0.4 is 15.5 Å². The Kier molecular flexibility index (Phi) is 5.85. The minimum atomic E-state index is -4.12. The molecule has 1 aromatic rings. The molecule has 0 aromatic heterocycles. The minimum absolute atomic E-state index is 0.000326. The van der Waals surface area contributed by atoms with Crippen LogP contribution in [0.3, 0.4) is 0 Å². The Hall–Kier alpha value is -2.59. The van der Waals surface area contributed by atoms with E-state index in [9.17, 15) is 19.3 Å². The van der Waals surface area contributed by atoms with Gasteiger partial charge in [-0.25, -0.2) is 9.98 Å². The average Bonchev–Trinajstić information content (AvgIpc) is 2.60. The van der Waals surface area contributed by atoms with E-state index >= 15 is 0 Å². The van der Waals surface area contributed by atoms with Gasteiger partial charge in [-0.15, -0.1) is 0 Å². The molecule has 11 nitrogen and oxygen atoms in total. The maximum absolute atomic E-state index is 12.4. The second kappa shape index (κ2) is 8.03. The number of aliphatic hydroxyl groups excluding tert-OH is 1. The van der Waals surface area contributed by atoms with Crippen molar-refractivity contribution in [1.82, 2.24) is 10.6 Å². The number of carbonyl (C=O) groups is 2. The number of nitrogens with one attached hydrogen (secondary N) is 2. The summed E-state index contributed by atoms with van der Waals surface area (Å²) in [6, 6.07) is 3.63. The molecule has 29 heavy (non-hydrogen) atoms. The Labute approximate surface area is 166 Å². The SMILES string of the molecule is Cc1cc2c(cc1C)N(CC(=O)NCCCP(=O)(O)O)C1=NC(O)NC(=O)C1=N2. The summed E-state index contributed by atoms with van der Waals surface area (Å²) in [7, 11) is -4.12. The summed E-state index contributed by atoms with van der Waals surface area (Å²) in [6.45, 7) is 3.69. The van der Waals surface area contributed by atoms with E-state index in [1.165, 1.54) is 4.90 Å². The lowest BCUT2D eigenvalue weighted by molar-refractivity contribution is -0.120. The number of aliphatic imine (C=N–C) groups is 2. The van der Waals surface area contributed by atoms with Gasteiger partial charge in [0.2, 0.25) is 12.3 Å². The van der Waals surface area contributed by atoms with Crippen molar-refractivity contribution < 1.29 is 29.0 Å². The first-order valence-corrected chi connectivity index (χ1v) is 10.7. The van der Waals surface area contributed by atoms with Crippen LogP contribution in [-0.4, -0.2) is 63.9 Å². The van der Waals surface area contributed by atoms with Crippen molar-refractivity contribution >= 4 is 42.3 Å². The highest BCUT2D eigenvalue weighted by molar-refractivity contribution is 7.51. The van der Waals surface area contributed by atoms with Crippen LogP contribution in [-0.2, 0) is 14.2 Å². The lowest BCUT2D eigenvalue weighted by Gasteiger charge is -2.34. The van der Waals surface area contributed by atoms with Gasteiger partial charge >= 0.3 is 7.60 Å². The summed E-state index contributed by atoms with van der Waals surface area (Å²) in [6.07, 6.45) is -1.65. The van der Waals surface area contributed by atoms with Crippen molar-refractivity contribution in [2.75, 3.05) is 24.2 Å². The number of carbonyl (C=O) groups excluding carboxylic acids is 2. The summed E-state index contributed by atoms with van der Waals surface area (Å²) in [5.74, 6) is -0.940. The third kappa shape index (κ3) is 4.88. The zero-order valence-corrected chi connectivity index (χ0v) is 16.8. The van der Waals surface area contributed by atoms with E-state index in [1.807, 2.05) is 19.9 Å². The van der Waals surface area contributed by atoms with Crippen molar-refractivity contribution in [2.24, 2.45) is 9.98 Å². The molecule has 2 amide bonds. The maximum Gasteiger partial charge on any atom is 0.325 e. The number of amidine groups is 1. The Morgan fingerprint density at radius 1 is 1.31 bits per heavy atom. The summed E-state index contributed by atoms with van der Waals surface area (Å²) in [4.78, 5) is 52.3. The Morgan fingerprint density at radius 3 is 2.69 bits per heavy atom. The third-order valence-electron chi connectivity index (χ3n) is 4.55. The molecule has 0 bridgehead atoms. The number of benzene rings is 1. The highest BCUT2D eigenvalue weighted by Crippen LogP contribution is 2.36. The van der Waals surface area contributed by atoms with Crippen molar-refractivity contribution in [1.29, 1.82) is 0 Å². The minimum Gasteiger partial charge on any atom is -0.355 e. The second-order valence-corrected chi connectivity index (χ2v) is 8.64. The molecular weight excluding hydrogens is 401 g/mol. The number of nitrogens with zero attached hydrogens (tertiary/aromatic N) is 3. The van der Waals surface area contributed by atoms with Crippen molar-refractivity contribution in [3.63, 3.8) is 0 Å². The molecule has 5 N–H and O–H groups in total. The number of hydrogen-bond donors (Lipinski definition) is 5. The largest absolute Gasteiger partial charge is 0.355 e. The predicted octanol–water partition coefficient (Wildman–Crippen LogP) is -0.316. The van der Waals surface area contributed by atoms with E-state index in [1.54, 1.807) is 6.07 Å². The van der Waals surface area contributed by atoms with E-state index in [0.29, 0.717) is 11.4 Å². The van der Waals surface area contributed by atoms with Crippen molar-refractivity contribution in [3.05, 3.63) is 23.3 Å². The maximum atomic E-state index is 12.4. The summed E-state index contributed by atoms with van der Waals surface area (Å²) >= 11 is 0. The quantitative estimate of drug-likeness (QED) is 0.309. The van der Waals surface area contributed by atoms with Crippen LogP contribution in [0.5, 0.6) is 0 Å². The van der Waals surface area contributed by atoms with Gasteiger partial charge in [-0.3, -0.25) is 14.2 Å². The molecule has 0 spiro atoms. The topological polar surface area (TPSA) is 164 Å². The van der Waals surface area contributed by atoms with Gasteiger partial charge in [0, 0.05) is 6.54 Å². The number of aryl methyl sites for hydroxylation is 2. The van der Waals surface area contributed by atoms with Crippen LogP contribution in [0.15, 0.2) is 22.1 Å². The lowest BCUT2D eigenvalue weighted by atomic mass is 10.0. The number of anilines is 1. The van der Waals surface area contributed by atoms with Gasteiger partial charge < -0.3 is 30.4 Å². The van der Waals surface area contributed by atoms with Gasteiger partial charge in [-0.2, -0.15) is 0 Å². The Morgan fingerprint density at radius 2 is 2.00 bits per heavy atom. The van der Waals surface area contributed by atoms with Gasteiger partial charge in [-0.1, -0.05) is 0 Å². The highest BCUT2D eigenvalue weighted by atomic mass is 31.2. The standard InChI is InChI=1S/C17H22N5O6P/c1-9-6-11-12(7-10(9)2)22(8-13(23)18-4-3-5-29(26,27)28)15-14(19-11)16(24)21-17(25)20-15/h6-7,17,25H,3-5,8H2,1-2H3,(H,18,23)(H,21,24)(H2,26,27,28). The molecule has 2 aliphatic heterocycles. The molecule has 0 fully saturated rings. The molecule has 1 unspecified atom stereocenters. The monoisotopic (exact) mass is 423 g/mol. The summed E-state index contributed by atoms with van der Waals surface area (Å²) in [5.41, 5.74) is 2.99. The van der Waals surface area contributed by atoms with Crippen LogP contribution in [0.2, 0.25) is 0 Å². The van der Waals surface area contributed by atoms with E-state index in [0.717, 1.165) is 11.1 Å². The number of aliphatic hydroxyl groups is 1. The molecule has 0 saturated carbocycles. The summed E-state index contributed by atoms with van der Waals surface area (Å²) in [5, 5.41) is 14.6. The van der Waals surface area contributed by atoms with Gasteiger partial charge in [-0.05, 0) is 43.5 Å². The fraction of sp³-hybridized carbons (Fsp3) is 0.412. The average molecular weight is 423 g/mol. The third-order valence-corrected chi connectivity index (χ3v) is 5.45. The van der Waals surface area contributed by atoms with Gasteiger partial charge in [0.05, 0.1) is 17.5 Å². The Bertz CT molecular complexity index is 969. The van der Waals surface area contributed by atoms with Crippen LogP contribution in [0.25, 0.3) is 0 Å². The molecule has 2 aliphatic rings. The zero-order valence-electron chi connectivity index (χ0n) is 15.9. The second-order valence-electron chi connectivity index (χ2n) is 6.86. The van der Waals surface area contributed by atoms with Crippen LogP contribution in [0.4, 0.5) is 11.4 Å². The smallest absolute Gasteiger partial charge is 0.325 e. The molecular formula is C17H22N5O6P. The number of fused-ring (bicyclic) bond motifs is 2. The summed E-state index contributed by atoms with van der Waals surface area (Å²) < 4.78 is 10.9. The first-order chi connectivity index (χ1) is 13.5. The van der Waals surface area contributed by atoms with Crippen LogP contribution >= 0.6 is 7.60 Å². The molecule has 12 heteroatoms. The molecule has 0 radical (unpaired) electrons. The van der Waals surface area contributed by atoms with Crippen LogP contribution in [0.1, 0.15) is 17.5 Å². The molecule has 1 atom stereocenters. The highest BCUT2D eigenvalue weighted by Gasteiger charge is 2.36. The molecule has 3 rings (SSSR count). The van der Waals surface area contributed by atoms with E-state index in [2.05, 4.69) is 20.6 Å². The molecule has 1 aromatic carbocycles. The lowest BCUT2D eigenvalue weighted by Crippen LogP contribution is -2.55. The zero-order chi connectivity index (χ0) is 21.3. The molecule has 2 heterocycles.